The van der Waals surface area contributed by atoms with Gasteiger partial charge in [0.15, 0.2) is 6.04 Å². The molecule has 420 valence electrons. The van der Waals surface area contributed by atoms with Crippen molar-refractivity contribution in [1.29, 1.82) is 0 Å². The number of rotatable bonds is 58. The van der Waals surface area contributed by atoms with Gasteiger partial charge in [0.2, 0.25) is 5.91 Å². The van der Waals surface area contributed by atoms with Gasteiger partial charge < -0.3 is 25.2 Å². The van der Waals surface area contributed by atoms with Crippen molar-refractivity contribution in [3.63, 3.8) is 0 Å². The van der Waals surface area contributed by atoms with Crippen LogP contribution in [0.2, 0.25) is 0 Å². The van der Waals surface area contributed by atoms with Crippen molar-refractivity contribution in [1.82, 2.24) is 5.32 Å². The van der Waals surface area contributed by atoms with Crippen molar-refractivity contribution < 1.29 is 47.8 Å². The zero-order valence-electron chi connectivity index (χ0n) is 46.3. The molecule has 0 aromatic heterocycles. The zero-order valence-corrected chi connectivity index (χ0v) is 47.2. The first-order valence-corrected chi connectivity index (χ1v) is 31.7. The topological polar surface area (TPSA) is 169 Å². The van der Waals surface area contributed by atoms with E-state index in [-0.39, 0.29) is 12.8 Å². The number of carbonyl (C=O) groups excluding carboxylic acids is 2. The normalized spacial score (nSPS) is 13.4. The SMILES string of the molecule is CCCCCCCC/C=C/CCCCCCCCCCCCCCCC(=O)OCC(O)COP(=O)(O)OCC(NC(=O)CCCCCCCCCCCCCCCCCCCCCCCCCC)C(=O)O. The Morgan fingerprint density at radius 2 is 0.732 bits per heavy atom. The first-order valence-electron chi connectivity index (χ1n) is 30.2. The number of carbonyl (C=O) groups is 3. The molecule has 71 heavy (non-hydrogen) atoms. The maximum absolute atomic E-state index is 12.4. The van der Waals surface area contributed by atoms with Crippen LogP contribution in [0.4, 0.5) is 0 Å². The van der Waals surface area contributed by atoms with Gasteiger partial charge in [-0.3, -0.25) is 18.6 Å². The Morgan fingerprint density at radius 3 is 1.07 bits per heavy atom. The van der Waals surface area contributed by atoms with Gasteiger partial charge >= 0.3 is 19.8 Å². The van der Waals surface area contributed by atoms with E-state index in [1.807, 2.05) is 0 Å². The summed E-state index contributed by atoms with van der Waals surface area (Å²) in [7, 11) is -4.76. The van der Waals surface area contributed by atoms with Crippen molar-refractivity contribution in [2.75, 3.05) is 19.8 Å². The molecule has 0 rings (SSSR count). The Kier molecular flexibility index (Phi) is 53.1. The lowest BCUT2D eigenvalue weighted by Crippen LogP contribution is -2.43. The second kappa shape index (κ2) is 54.5. The van der Waals surface area contributed by atoms with E-state index in [0.717, 1.165) is 38.5 Å². The highest BCUT2D eigenvalue weighted by molar-refractivity contribution is 7.47. The number of phosphoric ester groups is 1. The smallest absolute Gasteiger partial charge is 0.472 e. The van der Waals surface area contributed by atoms with Gasteiger partial charge in [-0.1, -0.05) is 276 Å². The van der Waals surface area contributed by atoms with Crippen molar-refractivity contribution >= 4 is 25.7 Å². The first kappa shape index (κ1) is 69.2. The van der Waals surface area contributed by atoms with Crippen LogP contribution in [0.25, 0.3) is 0 Å². The number of hydrogen-bond acceptors (Lipinski definition) is 8. The fourth-order valence-corrected chi connectivity index (χ4v) is 9.91. The minimum atomic E-state index is -4.76. The van der Waals surface area contributed by atoms with Gasteiger partial charge in [0.1, 0.15) is 12.7 Å². The van der Waals surface area contributed by atoms with Crippen LogP contribution in [0.3, 0.4) is 0 Å². The van der Waals surface area contributed by atoms with Crippen LogP contribution in [0, 0.1) is 0 Å². The van der Waals surface area contributed by atoms with Gasteiger partial charge in [-0.15, -0.1) is 0 Å². The number of nitrogens with one attached hydrogen (secondary N) is 1. The molecule has 4 N–H and O–H groups in total. The number of hydrogen-bond donors (Lipinski definition) is 4. The number of allylic oxidation sites excluding steroid dienone is 2. The second-order valence-corrected chi connectivity index (χ2v) is 22.4. The van der Waals surface area contributed by atoms with Gasteiger partial charge in [0, 0.05) is 12.8 Å². The number of carboxylic acid groups (broad SMARTS) is 1. The molecule has 3 unspecified atom stereocenters. The van der Waals surface area contributed by atoms with Crippen molar-refractivity contribution in [2.24, 2.45) is 0 Å². The van der Waals surface area contributed by atoms with Gasteiger partial charge in [0.25, 0.3) is 0 Å². The minimum Gasteiger partial charge on any atom is -0.480 e. The van der Waals surface area contributed by atoms with Crippen LogP contribution in [0.1, 0.15) is 316 Å². The molecule has 0 aliphatic rings. The van der Waals surface area contributed by atoms with Crippen molar-refractivity contribution in [2.45, 2.75) is 328 Å². The molecule has 0 saturated heterocycles. The summed E-state index contributed by atoms with van der Waals surface area (Å²) in [5.74, 6) is -2.34. The Balaban J connectivity index is 3.71. The molecule has 0 aromatic carbocycles. The molecule has 0 bridgehead atoms. The number of amides is 1. The number of esters is 1. The van der Waals surface area contributed by atoms with Gasteiger partial charge in [-0.2, -0.15) is 0 Å². The van der Waals surface area contributed by atoms with Gasteiger partial charge in [0.05, 0.1) is 13.2 Å². The highest BCUT2D eigenvalue weighted by Crippen LogP contribution is 2.43. The number of carboxylic acids is 1. The number of aliphatic carboxylic acids is 1. The van der Waals surface area contributed by atoms with E-state index in [0.29, 0.717) is 12.8 Å². The quantitative estimate of drug-likeness (QED) is 0.0199. The van der Waals surface area contributed by atoms with Crippen molar-refractivity contribution in [3.05, 3.63) is 12.2 Å². The summed E-state index contributed by atoms with van der Waals surface area (Å²) < 4.78 is 27.1. The van der Waals surface area contributed by atoms with Crippen LogP contribution < -0.4 is 5.32 Å². The van der Waals surface area contributed by atoms with E-state index in [1.165, 1.54) is 238 Å². The van der Waals surface area contributed by atoms with Gasteiger partial charge in [-0.25, -0.2) is 9.36 Å². The molecule has 0 aliphatic heterocycles. The molecule has 0 aliphatic carbocycles. The van der Waals surface area contributed by atoms with Crippen molar-refractivity contribution in [3.8, 4) is 0 Å². The van der Waals surface area contributed by atoms with Crippen LogP contribution >= 0.6 is 7.82 Å². The minimum absolute atomic E-state index is 0.153. The maximum Gasteiger partial charge on any atom is 0.472 e. The second-order valence-electron chi connectivity index (χ2n) is 20.9. The number of aliphatic hydroxyl groups is 1. The lowest BCUT2D eigenvalue weighted by atomic mass is 10.0. The third-order valence-electron chi connectivity index (χ3n) is 13.8. The zero-order chi connectivity index (χ0) is 52.0. The standard InChI is InChI=1S/C59H114NO10P/c1-3-5-7-9-11-13-15-17-19-21-23-25-27-29-30-32-34-36-38-40-42-44-46-48-50-57(62)60-56(59(64)65)54-70-71(66,67)69-53-55(61)52-68-58(63)51-49-47-45-43-41-39-37-35-33-31-28-26-24-22-20-18-16-14-12-10-8-6-4-2/h18,20,55-56,61H,3-17,19,21-54H2,1-2H3,(H,60,62)(H,64,65)(H,66,67)/b20-18+. The summed E-state index contributed by atoms with van der Waals surface area (Å²) in [5.41, 5.74) is 0. The average molecular weight is 1030 g/mol. The molecule has 0 heterocycles. The van der Waals surface area contributed by atoms with Crippen LogP contribution in [0.5, 0.6) is 0 Å². The van der Waals surface area contributed by atoms with Crippen LogP contribution in [-0.2, 0) is 32.7 Å². The molecule has 0 radical (unpaired) electrons. The van der Waals surface area contributed by atoms with E-state index in [9.17, 15) is 34.1 Å². The third-order valence-corrected chi connectivity index (χ3v) is 14.8. The molecule has 0 spiro atoms. The summed E-state index contributed by atoms with van der Waals surface area (Å²) in [6, 6.07) is -1.54. The number of ether oxygens (including phenoxy) is 1. The molecule has 1 amide bonds. The summed E-state index contributed by atoms with van der Waals surface area (Å²) in [6.07, 6.45) is 61.0. The van der Waals surface area contributed by atoms with E-state index >= 15 is 0 Å². The number of aliphatic hydroxyl groups excluding tert-OH is 1. The third kappa shape index (κ3) is 54.3. The molecule has 3 atom stereocenters. The lowest BCUT2D eigenvalue weighted by molar-refractivity contribution is -0.147. The van der Waals surface area contributed by atoms with Crippen LogP contribution in [0.15, 0.2) is 12.2 Å². The number of phosphoric acid groups is 1. The Morgan fingerprint density at radius 1 is 0.437 bits per heavy atom. The fraction of sp³-hybridized carbons (Fsp3) is 0.915. The Hall–Kier alpha value is -1.78. The summed E-state index contributed by atoms with van der Waals surface area (Å²) in [4.78, 5) is 46.3. The molecule has 0 saturated carbocycles. The predicted octanol–water partition coefficient (Wildman–Crippen LogP) is 17.5. The highest BCUT2D eigenvalue weighted by atomic mass is 31.2. The Bertz CT molecular complexity index is 1250. The first-order chi connectivity index (χ1) is 34.6. The van der Waals surface area contributed by atoms with E-state index in [2.05, 4.69) is 31.3 Å². The monoisotopic (exact) mass is 1030 g/mol. The summed E-state index contributed by atoms with van der Waals surface area (Å²) in [5, 5.41) is 22.0. The molecular formula is C59H114NO10P. The maximum atomic E-state index is 12.4. The molecule has 11 nitrogen and oxygen atoms in total. The van der Waals surface area contributed by atoms with Gasteiger partial charge in [-0.05, 0) is 38.5 Å². The molecule has 0 aromatic rings. The van der Waals surface area contributed by atoms with E-state index in [4.69, 9.17) is 13.8 Å². The Labute approximate surface area is 437 Å². The van der Waals surface area contributed by atoms with Crippen LogP contribution in [-0.4, -0.2) is 64.9 Å². The largest absolute Gasteiger partial charge is 0.480 e. The molecule has 12 heteroatoms. The summed E-state index contributed by atoms with van der Waals surface area (Å²) >= 11 is 0. The lowest BCUT2D eigenvalue weighted by Gasteiger charge is -2.18. The number of unbranched alkanes of at least 4 members (excludes halogenated alkanes) is 42. The average Bonchev–Trinajstić information content (AvgIpc) is 3.35. The fourth-order valence-electron chi connectivity index (χ4n) is 9.14. The van der Waals surface area contributed by atoms with E-state index in [1.54, 1.807) is 0 Å². The summed E-state index contributed by atoms with van der Waals surface area (Å²) in [6.45, 7) is 2.67. The molecule has 0 fully saturated rings. The van der Waals surface area contributed by atoms with E-state index < -0.39 is 57.6 Å². The molecular weight excluding hydrogens is 914 g/mol. The highest BCUT2D eigenvalue weighted by Gasteiger charge is 2.28. The predicted molar refractivity (Wildman–Crippen MR) is 296 cm³/mol.